The highest BCUT2D eigenvalue weighted by Gasteiger charge is 2.35. The Morgan fingerprint density at radius 2 is 1.51 bits per heavy atom. The summed E-state index contributed by atoms with van der Waals surface area (Å²) < 4.78 is 29.3. The zero-order valence-electron chi connectivity index (χ0n) is 24.5. The first-order valence-corrected chi connectivity index (χ1v) is 15.9. The number of sulfonamides is 1. The Labute approximate surface area is 244 Å². The quantitative estimate of drug-likeness (QED) is 0.319. The van der Waals surface area contributed by atoms with E-state index in [-0.39, 0.29) is 23.4 Å². The molecule has 0 spiro atoms. The Morgan fingerprint density at radius 1 is 0.878 bits per heavy atom. The first-order valence-electron chi connectivity index (χ1n) is 14.4. The van der Waals surface area contributed by atoms with Crippen molar-refractivity contribution in [3.05, 3.63) is 95.1 Å². The molecule has 8 heteroatoms. The van der Waals surface area contributed by atoms with Gasteiger partial charge >= 0.3 is 0 Å². The highest BCUT2D eigenvalue weighted by molar-refractivity contribution is 7.92. The molecule has 0 heterocycles. The fourth-order valence-electron chi connectivity index (χ4n) is 5.50. The zero-order valence-corrected chi connectivity index (χ0v) is 25.3. The monoisotopic (exact) mass is 575 g/mol. The van der Waals surface area contributed by atoms with E-state index in [9.17, 15) is 18.0 Å². The van der Waals surface area contributed by atoms with E-state index in [0.29, 0.717) is 12.1 Å². The van der Waals surface area contributed by atoms with Crippen LogP contribution in [0.1, 0.15) is 61.3 Å². The van der Waals surface area contributed by atoms with Crippen LogP contribution in [0.3, 0.4) is 0 Å². The number of amides is 2. The highest BCUT2D eigenvalue weighted by Crippen LogP contribution is 2.29. The van der Waals surface area contributed by atoms with Crippen molar-refractivity contribution in [2.45, 2.75) is 83.3 Å². The van der Waals surface area contributed by atoms with E-state index in [1.807, 2.05) is 58.0 Å². The molecule has 1 saturated carbocycles. The number of rotatable bonds is 11. The normalized spacial score (nSPS) is 14.4. The molecule has 41 heavy (non-hydrogen) atoms. The summed E-state index contributed by atoms with van der Waals surface area (Å²) in [6.45, 7) is 7.41. The Hall–Kier alpha value is -3.65. The molecule has 1 atom stereocenters. The molecule has 7 nitrogen and oxygen atoms in total. The summed E-state index contributed by atoms with van der Waals surface area (Å²) in [5.74, 6) is -0.618. The maximum absolute atomic E-state index is 14.3. The predicted molar refractivity (Wildman–Crippen MR) is 163 cm³/mol. The molecule has 0 radical (unpaired) electrons. The minimum absolute atomic E-state index is 0.102. The number of aryl methyl sites for hydroxylation is 2. The molecule has 0 unspecified atom stereocenters. The van der Waals surface area contributed by atoms with Crippen LogP contribution in [-0.2, 0) is 26.2 Å². The van der Waals surface area contributed by atoms with Gasteiger partial charge in [-0.2, -0.15) is 0 Å². The minimum atomic E-state index is -4.09. The highest BCUT2D eigenvalue weighted by atomic mass is 32.2. The lowest BCUT2D eigenvalue weighted by Gasteiger charge is -2.34. The molecule has 218 valence electrons. The SMILES string of the molecule is CC[C@H](C(=O)NC1CCCC1)N(Cc1ccccc1C)C(=O)CN(c1cccc(C)c1C)S(=O)(=O)c1ccccc1. The molecule has 0 aromatic heterocycles. The fraction of sp³-hybridized carbons (Fsp3) is 0.394. The van der Waals surface area contributed by atoms with E-state index in [1.165, 1.54) is 16.4 Å². The van der Waals surface area contributed by atoms with Gasteiger partial charge in [0.25, 0.3) is 10.0 Å². The van der Waals surface area contributed by atoms with Crippen molar-refractivity contribution in [2.24, 2.45) is 0 Å². The lowest BCUT2D eigenvalue weighted by molar-refractivity contribution is -0.140. The van der Waals surface area contributed by atoms with Gasteiger partial charge in [-0.15, -0.1) is 0 Å². The van der Waals surface area contributed by atoms with Crippen LogP contribution in [0.25, 0.3) is 0 Å². The van der Waals surface area contributed by atoms with Crippen molar-refractivity contribution in [3.63, 3.8) is 0 Å². The van der Waals surface area contributed by atoms with Crippen molar-refractivity contribution < 1.29 is 18.0 Å². The molecule has 1 N–H and O–H groups in total. The number of carbonyl (C=O) groups excluding carboxylic acids is 2. The molecule has 4 rings (SSSR count). The van der Waals surface area contributed by atoms with Crippen LogP contribution >= 0.6 is 0 Å². The van der Waals surface area contributed by atoms with Gasteiger partial charge in [-0.1, -0.05) is 74.4 Å². The number of hydrogen-bond acceptors (Lipinski definition) is 4. The summed E-state index contributed by atoms with van der Waals surface area (Å²) in [7, 11) is -4.09. The van der Waals surface area contributed by atoms with E-state index in [4.69, 9.17) is 0 Å². The van der Waals surface area contributed by atoms with Gasteiger partial charge in [0.2, 0.25) is 11.8 Å². The molecule has 0 bridgehead atoms. The molecule has 2 amide bonds. The Kier molecular flexibility index (Phi) is 9.86. The first-order chi connectivity index (χ1) is 19.6. The zero-order chi connectivity index (χ0) is 29.6. The van der Waals surface area contributed by atoms with Gasteiger partial charge in [0, 0.05) is 12.6 Å². The third-order valence-corrected chi connectivity index (χ3v) is 9.92. The van der Waals surface area contributed by atoms with Crippen LogP contribution in [0, 0.1) is 20.8 Å². The molecular weight excluding hydrogens is 534 g/mol. The molecule has 1 aliphatic rings. The van der Waals surface area contributed by atoms with Gasteiger partial charge in [-0.3, -0.25) is 13.9 Å². The Morgan fingerprint density at radius 3 is 2.17 bits per heavy atom. The number of hydrogen-bond donors (Lipinski definition) is 1. The number of carbonyl (C=O) groups is 2. The van der Waals surface area contributed by atoms with Crippen LogP contribution in [0.15, 0.2) is 77.7 Å². The standard InChI is InChI=1S/C33H41N3O4S/c1-5-30(33(38)34-28-17-11-12-18-28)35(22-27-16-10-9-14-25(27)3)32(37)23-36(31-21-13-15-24(2)26(31)4)41(39,40)29-19-7-6-8-20-29/h6-10,13-16,19-21,28,30H,5,11-12,17-18,22-23H2,1-4H3,(H,34,38)/t30-/m1/s1. The second-order valence-corrected chi connectivity index (χ2v) is 12.8. The van der Waals surface area contributed by atoms with E-state index in [1.54, 1.807) is 35.2 Å². The second kappa shape index (κ2) is 13.3. The number of nitrogens with one attached hydrogen (secondary N) is 1. The molecule has 1 aliphatic carbocycles. The average molecular weight is 576 g/mol. The summed E-state index contributed by atoms with van der Waals surface area (Å²) in [5, 5.41) is 3.16. The van der Waals surface area contributed by atoms with Crippen LogP contribution in [0.4, 0.5) is 5.69 Å². The van der Waals surface area contributed by atoms with E-state index < -0.39 is 28.5 Å². The lowest BCUT2D eigenvalue weighted by Crippen LogP contribution is -2.53. The first kappa shape index (κ1) is 30.3. The molecule has 3 aromatic rings. The molecule has 0 aliphatic heterocycles. The largest absolute Gasteiger partial charge is 0.352 e. The number of nitrogens with zero attached hydrogens (tertiary/aromatic N) is 2. The van der Waals surface area contributed by atoms with Gasteiger partial charge in [-0.05, 0) is 80.5 Å². The average Bonchev–Trinajstić information content (AvgIpc) is 3.47. The van der Waals surface area contributed by atoms with Crippen molar-refractivity contribution in [2.75, 3.05) is 10.8 Å². The molecular formula is C33H41N3O4S. The van der Waals surface area contributed by atoms with Gasteiger partial charge in [-0.25, -0.2) is 8.42 Å². The Bertz CT molecular complexity index is 1470. The van der Waals surface area contributed by atoms with Gasteiger partial charge in [0.15, 0.2) is 0 Å². The van der Waals surface area contributed by atoms with Gasteiger partial charge in [0.05, 0.1) is 10.6 Å². The van der Waals surface area contributed by atoms with E-state index in [0.717, 1.165) is 47.9 Å². The van der Waals surface area contributed by atoms with E-state index in [2.05, 4.69) is 5.32 Å². The number of anilines is 1. The maximum atomic E-state index is 14.3. The third-order valence-electron chi connectivity index (χ3n) is 8.14. The fourth-order valence-corrected chi connectivity index (χ4v) is 6.99. The summed E-state index contributed by atoms with van der Waals surface area (Å²) >= 11 is 0. The van der Waals surface area contributed by atoms with Crippen LogP contribution in [0.5, 0.6) is 0 Å². The number of benzene rings is 3. The summed E-state index contributed by atoms with van der Waals surface area (Å²) in [4.78, 5) is 29.5. The van der Waals surface area contributed by atoms with Gasteiger partial charge in [0.1, 0.15) is 12.6 Å². The second-order valence-electron chi connectivity index (χ2n) is 10.9. The third kappa shape index (κ3) is 6.99. The summed E-state index contributed by atoms with van der Waals surface area (Å²) in [5.41, 5.74) is 4.05. The Balaban J connectivity index is 1.75. The van der Waals surface area contributed by atoms with Crippen molar-refractivity contribution in [1.82, 2.24) is 10.2 Å². The molecule has 1 fully saturated rings. The lowest BCUT2D eigenvalue weighted by atomic mass is 10.1. The molecule has 3 aromatic carbocycles. The smallest absolute Gasteiger partial charge is 0.264 e. The van der Waals surface area contributed by atoms with Gasteiger partial charge < -0.3 is 10.2 Å². The summed E-state index contributed by atoms with van der Waals surface area (Å²) in [6, 6.07) is 20.7. The minimum Gasteiger partial charge on any atom is -0.352 e. The molecule has 0 saturated heterocycles. The predicted octanol–water partition coefficient (Wildman–Crippen LogP) is 5.67. The van der Waals surface area contributed by atoms with Crippen LogP contribution < -0.4 is 9.62 Å². The van der Waals surface area contributed by atoms with Crippen molar-refractivity contribution >= 4 is 27.5 Å². The van der Waals surface area contributed by atoms with Crippen molar-refractivity contribution in [1.29, 1.82) is 0 Å². The van der Waals surface area contributed by atoms with E-state index >= 15 is 0 Å². The van der Waals surface area contributed by atoms with Crippen LogP contribution in [-0.4, -0.2) is 43.8 Å². The van der Waals surface area contributed by atoms with Crippen molar-refractivity contribution in [3.8, 4) is 0 Å². The van der Waals surface area contributed by atoms with Crippen LogP contribution in [0.2, 0.25) is 0 Å². The maximum Gasteiger partial charge on any atom is 0.264 e. The summed E-state index contributed by atoms with van der Waals surface area (Å²) in [6.07, 6.45) is 4.43. The topological polar surface area (TPSA) is 86.8 Å².